The molecule has 132 valence electrons. The number of carbonyl (C=O) groups is 1. The van der Waals surface area contributed by atoms with E-state index in [4.69, 9.17) is 5.73 Å². The first kappa shape index (κ1) is 15.4. The number of aliphatic imine (C=N–C) groups is 1. The molecule has 5 rings (SSSR count). The molecule has 2 atom stereocenters. The second kappa shape index (κ2) is 5.59. The molecule has 2 aromatic carbocycles. The number of nitrogens with two attached hydrogens (primary N) is 1. The molecule has 2 aromatic rings. The zero-order chi connectivity index (χ0) is 17.8. The van der Waals surface area contributed by atoms with Crippen LogP contribution in [-0.2, 0) is 12.8 Å². The van der Waals surface area contributed by atoms with Gasteiger partial charge in [-0.05, 0) is 60.2 Å². The lowest BCUT2D eigenvalue weighted by Crippen LogP contribution is -2.46. The number of aromatic hydroxyl groups is 1. The average Bonchev–Trinajstić information content (AvgIpc) is 3.25. The van der Waals surface area contributed by atoms with Crippen molar-refractivity contribution < 1.29 is 9.90 Å². The van der Waals surface area contributed by atoms with E-state index < -0.39 is 0 Å². The van der Waals surface area contributed by atoms with Gasteiger partial charge < -0.3 is 15.7 Å². The number of piperidine rings is 1. The molecular formula is C21H21N3O2. The summed E-state index contributed by atoms with van der Waals surface area (Å²) in [5, 5.41) is 10.00. The highest BCUT2D eigenvalue weighted by atomic mass is 16.3. The summed E-state index contributed by atoms with van der Waals surface area (Å²) in [7, 11) is 0. The SMILES string of the molecule is Nc1cc2c(cc1O)[C@H]1CCCN(C(=O)c3ccc4c(c3)N=CC4)[C@H]1C2. The number of likely N-dealkylation sites (tertiary alicyclic amines) is 1. The van der Waals surface area contributed by atoms with Crippen LogP contribution >= 0.6 is 0 Å². The van der Waals surface area contributed by atoms with Gasteiger partial charge in [0.05, 0.1) is 11.4 Å². The van der Waals surface area contributed by atoms with Gasteiger partial charge in [-0.15, -0.1) is 0 Å². The van der Waals surface area contributed by atoms with Gasteiger partial charge in [-0.3, -0.25) is 9.79 Å². The fraction of sp³-hybridized carbons (Fsp3) is 0.333. The topological polar surface area (TPSA) is 78.9 Å². The molecule has 1 amide bonds. The zero-order valence-corrected chi connectivity index (χ0v) is 14.5. The van der Waals surface area contributed by atoms with Crippen molar-refractivity contribution in [2.45, 2.75) is 37.6 Å². The van der Waals surface area contributed by atoms with Gasteiger partial charge in [-0.2, -0.15) is 0 Å². The number of benzene rings is 2. The molecule has 0 saturated carbocycles. The molecule has 5 nitrogen and oxygen atoms in total. The highest BCUT2D eigenvalue weighted by molar-refractivity contribution is 5.96. The van der Waals surface area contributed by atoms with Crippen molar-refractivity contribution in [2.24, 2.45) is 4.99 Å². The molecule has 26 heavy (non-hydrogen) atoms. The van der Waals surface area contributed by atoms with Gasteiger partial charge in [0.2, 0.25) is 0 Å². The van der Waals surface area contributed by atoms with E-state index in [0.29, 0.717) is 11.3 Å². The Hall–Kier alpha value is -2.82. The van der Waals surface area contributed by atoms with Gasteiger partial charge in [0.25, 0.3) is 5.91 Å². The van der Waals surface area contributed by atoms with Crippen molar-refractivity contribution >= 4 is 23.5 Å². The minimum Gasteiger partial charge on any atom is -0.506 e. The van der Waals surface area contributed by atoms with E-state index in [1.54, 1.807) is 6.07 Å². The fourth-order valence-electron chi connectivity index (χ4n) is 4.74. The van der Waals surface area contributed by atoms with E-state index >= 15 is 0 Å². The van der Waals surface area contributed by atoms with Crippen LogP contribution in [0.25, 0.3) is 0 Å². The molecule has 1 saturated heterocycles. The van der Waals surface area contributed by atoms with Crippen LogP contribution in [0.5, 0.6) is 5.75 Å². The smallest absolute Gasteiger partial charge is 0.254 e. The first-order valence-electron chi connectivity index (χ1n) is 9.19. The number of amides is 1. The molecule has 0 radical (unpaired) electrons. The van der Waals surface area contributed by atoms with E-state index in [1.807, 2.05) is 35.4 Å². The molecule has 1 fully saturated rings. The number of nitrogens with zero attached hydrogens (tertiary/aromatic N) is 2. The predicted molar refractivity (Wildman–Crippen MR) is 101 cm³/mol. The summed E-state index contributed by atoms with van der Waals surface area (Å²) in [6.45, 7) is 0.774. The number of hydrogen-bond acceptors (Lipinski definition) is 4. The maximum absolute atomic E-state index is 13.2. The van der Waals surface area contributed by atoms with Crippen molar-refractivity contribution in [3.05, 3.63) is 52.6 Å². The largest absolute Gasteiger partial charge is 0.506 e. The van der Waals surface area contributed by atoms with Crippen LogP contribution in [0, 0.1) is 0 Å². The minimum absolute atomic E-state index is 0.0783. The molecule has 3 aliphatic rings. The van der Waals surface area contributed by atoms with Crippen LogP contribution in [0.3, 0.4) is 0 Å². The number of fused-ring (bicyclic) bond motifs is 4. The van der Waals surface area contributed by atoms with E-state index in [1.165, 1.54) is 5.56 Å². The summed E-state index contributed by atoms with van der Waals surface area (Å²) in [6.07, 6.45) is 5.55. The third kappa shape index (κ3) is 2.23. The van der Waals surface area contributed by atoms with Crippen LogP contribution in [0.4, 0.5) is 11.4 Å². The van der Waals surface area contributed by atoms with Crippen LogP contribution < -0.4 is 5.73 Å². The third-order valence-electron chi connectivity index (χ3n) is 6.03. The molecule has 0 spiro atoms. The van der Waals surface area contributed by atoms with Gasteiger partial charge in [0.15, 0.2) is 0 Å². The van der Waals surface area contributed by atoms with Gasteiger partial charge in [0, 0.05) is 36.7 Å². The average molecular weight is 347 g/mol. The van der Waals surface area contributed by atoms with Crippen molar-refractivity contribution in [1.29, 1.82) is 0 Å². The Morgan fingerprint density at radius 3 is 3.00 bits per heavy atom. The number of carbonyl (C=O) groups excluding carboxylic acids is 1. The highest BCUT2D eigenvalue weighted by Crippen LogP contribution is 2.45. The number of phenolic OH excluding ortho intramolecular Hbond substituents is 1. The first-order valence-corrected chi connectivity index (χ1v) is 9.19. The third-order valence-corrected chi connectivity index (χ3v) is 6.03. The van der Waals surface area contributed by atoms with Crippen molar-refractivity contribution in [1.82, 2.24) is 4.90 Å². The van der Waals surface area contributed by atoms with Gasteiger partial charge in [-0.25, -0.2) is 0 Å². The lowest BCUT2D eigenvalue weighted by Gasteiger charge is -2.38. The van der Waals surface area contributed by atoms with E-state index in [-0.39, 0.29) is 23.6 Å². The summed E-state index contributed by atoms with van der Waals surface area (Å²) in [6, 6.07) is 9.66. The quantitative estimate of drug-likeness (QED) is 0.614. The Morgan fingerprint density at radius 1 is 1.23 bits per heavy atom. The Labute approximate surface area is 152 Å². The molecule has 0 unspecified atom stereocenters. The lowest BCUT2D eigenvalue weighted by molar-refractivity contribution is 0.0595. The van der Waals surface area contributed by atoms with Crippen LogP contribution in [0.15, 0.2) is 35.3 Å². The summed E-state index contributed by atoms with van der Waals surface area (Å²) in [5.41, 5.74) is 11.4. The number of phenols is 1. The lowest BCUT2D eigenvalue weighted by atomic mass is 9.88. The predicted octanol–water partition coefficient (Wildman–Crippen LogP) is 3.18. The van der Waals surface area contributed by atoms with Crippen molar-refractivity contribution in [2.75, 3.05) is 12.3 Å². The molecule has 1 aliphatic carbocycles. The van der Waals surface area contributed by atoms with Gasteiger partial charge in [0.1, 0.15) is 5.75 Å². The highest BCUT2D eigenvalue weighted by Gasteiger charge is 2.41. The normalized spacial score (nSPS) is 22.8. The van der Waals surface area contributed by atoms with E-state index in [0.717, 1.165) is 49.0 Å². The molecule has 2 heterocycles. The van der Waals surface area contributed by atoms with Crippen LogP contribution in [0.2, 0.25) is 0 Å². The molecule has 5 heteroatoms. The second-order valence-electron chi connectivity index (χ2n) is 7.49. The summed E-state index contributed by atoms with van der Waals surface area (Å²) < 4.78 is 0. The van der Waals surface area contributed by atoms with Crippen molar-refractivity contribution in [3.8, 4) is 5.75 Å². The van der Waals surface area contributed by atoms with E-state index in [9.17, 15) is 9.90 Å². The number of rotatable bonds is 1. The van der Waals surface area contributed by atoms with Gasteiger partial charge in [-0.1, -0.05) is 6.07 Å². The van der Waals surface area contributed by atoms with Gasteiger partial charge >= 0.3 is 0 Å². The van der Waals surface area contributed by atoms with Crippen LogP contribution in [0.1, 0.15) is 45.8 Å². The van der Waals surface area contributed by atoms with Crippen molar-refractivity contribution in [3.63, 3.8) is 0 Å². The second-order valence-corrected chi connectivity index (χ2v) is 7.49. The number of anilines is 1. The molecular weight excluding hydrogens is 326 g/mol. The maximum atomic E-state index is 13.2. The monoisotopic (exact) mass is 347 g/mol. The first-order chi connectivity index (χ1) is 12.6. The Bertz CT molecular complexity index is 951. The Kier molecular flexibility index (Phi) is 3.32. The number of hydrogen-bond donors (Lipinski definition) is 2. The van der Waals surface area contributed by atoms with E-state index in [2.05, 4.69) is 4.99 Å². The minimum atomic E-state index is 0.0783. The summed E-state index contributed by atoms with van der Waals surface area (Å²) >= 11 is 0. The Morgan fingerprint density at radius 2 is 2.12 bits per heavy atom. The molecule has 2 aliphatic heterocycles. The van der Waals surface area contributed by atoms with Crippen LogP contribution in [-0.4, -0.2) is 34.7 Å². The molecule has 0 aromatic heterocycles. The fourth-order valence-corrected chi connectivity index (χ4v) is 4.74. The Balaban J connectivity index is 1.47. The maximum Gasteiger partial charge on any atom is 0.254 e. The molecule has 3 N–H and O–H groups in total. The molecule has 0 bridgehead atoms. The summed E-state index contributed by atoms with van der Waals surface area (Å²) in [4.78, 5) is 19.6. The number of nitrogen functional groups attached to an aromatic ring is 1. The zero-order valence-electron chi connectivity index (χ0n) is 14.5. The standard InChI is InChI=1S/C21H21N3O2/c22-17-8-14-10-19-15(16(14)11-20(17)25)2-1-7-24(19)21(26)13-4-3-12-5-6-23-18(12)9-13/h3-4,6,8-9,11,15,19,25H,1-2,5,7,10,22H2/t15-,19+/m1/s1. The summed E-state index contributed by atoms with van der Waals surface area (Å²) in [5.74, 6) is 0.501.